The van der Waals surface area contributed by atoms with Gasteiger partial charge in [-0.25, -0.2) is 15.8 Å². The minimum absolute atomic E-state index is 0.466. The normalized spacial score (nSPS) is 9.81. The number of hydrogen-bond acceptors (Lipinski definition) is 7. The van der Waals surface area contributed by atoms with E-state index in [1.54, 1.807) is 31.4 Å². The Balaban J connectivity index is 2.45. The summed E-state index contributed by atoms with van der Waals surface area (Å²) in [5.41, 5.74) is 3.52. The lowest BCUT2D eigenvalue weighted by molar-refractivity contribution is 0.416. The highest BCUT2D eigenvalue weighted by Gasteiger charge is 2.11. The maximum absolute atomic E-state index is 9.21. The molecule has 108 valence electrons. The summed E-state index contributed by atoms with van der Waals surface area (Å²) in [5, 5.41) is 12.3. The Morgan fingerprint density at radius 2 is 2.10 bits per heavy atom. The Labute approximate surface area is 122 Å². The minimum atomic E-state index is 0.466. The van der Waals surface area contributed by atoms with Gasteiger partial charge in [-0.15, -0.1) is 0 Å². The first-order valence-electron chi connectivity index (χ1n) is 6.40. The molecule has 0 fully saturated rings. The summed E-state index contributed by atoms with van der Waals surface area (Å²) in [6.45, 7) is 1.95. The Morgan fingerprint density at radius 3 is 2.71 bits per heavy atom. The molecule has 0 aliphatic rings. The number of nitrogen functional groups attached to an aromatic ring is 1. The van der Waals surface area contributed by atoms with Crippen LogP contribution in [0.5, 0.6) is 5.75 Å². The van der Waals surface area contributed by atoms with E-state index in [1.165, 1.54) is 0 Å². The predicted octanol–water partition coefficient (Wildman–Crippen LogP) is 1.95. The van der Waals surface area contributed by atoms with Crippen LogP contribution in [-0.2, 0) is 6.42 Å². The zero-order valence-corrected chi connectivity index (χ0v) is 11.8. The van der Waals surface area contributed by atoms with Crippen LogP contribution in [0.4, 0.5) is 17.3 Å². The lowest BCUT2D eigenvalue weighted by atomic mass is 10.2. The maximum Gasteiger partial charge on any atom is 0.145 e. The number of aryl methyl sites for hydroxylation is 1. The molecule has 0 amide bonds. The quantitative estimate of drug-likeness (QED) is 0.568. The second-order valence-electron chi connectivity index (χ2n) is 4.17. The average Bonchev–Trinajstić information content (AvgIpc) is 2.54. The zero-order valence-electron chi connectivity index (χ0n) is 11.8. The van der Waals surface area contributed by atoms with Gasteiger partial charge < -0.3 is 15.5 Å². The fraction of sp³-hybridized carbons (Fsp3) is 0.214. The standard InChI is InChI=1S/C14H16N6O/c1-3-11-17-12(7-13(18-11)20-16)19-14-9(8-15)5-4-6-10(14)21-2/h4-7H,3,16H2,1-2H3,(H2,17,18,19,20). The monoisotopic (exact) mass is 284 g/mol. The van der Waals surface area contributed by atoms with Crippen molar-refractivity contribution < 1.29 is 4.74 Å². The van der Waals surface area contributed by atoms with E-state index in [4.69, 9.17) is 10.6 Å². The minimum Gasteiger partial charge on any atom is -0.495 e. The van der Waals surface area contributed by atoms with Crippen molar-refractivity contribution in [3.05, 3.63) is 35.7 Å². The molecule has 4 N–H and O–H groups in total. The number of nitrogens with zero attached hydrogens (tertiary/aromatic N) is 3. The summed E-state index contributed by atoms with van der Waals surface area (Å²) in [6.07, 6.45) is 0.668. The third-order valence-electron chi connectivity index (χ3n) is 2.86. The molecule has 0 aliphatic carbocycles. The van der Waals surface area contributed by atoms with E-state index in [9.17, 15) is 5.26 Å². The molecule has 0 bridgehead atoms. The highest BCUT2D eigenvalue weighted by atomic mass is 16.5. The fourth-order valence-electron chi connectivity index (χ4n) is 1.84. The Hall–Kier alpha value is -2.85. The first-order valence-corrected chi connectivity index (χ1v) is 6.40. The van der Waals surface area contributed by atoms with Gasteiger partial charge in [0.25, 0.3) is 0 Å². The number of benzene rings is 1. The molecule has 0 unspecified atom stereocenters. The number of nitriles is 1. The molecule has 0 aliphatic heterocycles. The van der Waals surface area contributed by atoms with Crippen LogP contribution >= 0.6 is 0 Å². The van der Waals surface area contributed by atoms with Gasteiger partial charge in [0, 0.05) is 12.5 Å². The number of hydrazine groups is 1. The second kappa shape index (κ2) is 6.54. The molecule has 0 saturated carbocycles. The van der Waals surface area contributed by atoms with Crippen molar-refractivity contribution in [1.29, 1.82) is 5.26 Å². The third kappa shape index (κ3) is 3.19. The summed E-state index contributed by atoms with van der Waals surface area (Å²) in [7, 11) is 1.55. The van der Waals surface area contributed by atoms with Gasteiger partial charge in [-0.3, -0.25) is 0 Å². The summed E-state index contributed by atoms with van der Waals surface area (Å²) >= 11 is 0. The van der Waals surface area contributed by atoms with Crippen LogP contribution in [-0.4, -0.2) is 17.1 Å². The lowest BCUT2D eigenvalue weighted by Gasteiger charge is -2.13. The molecule has 0 atom stereocenters. The van der Waals surface area contributed by atoms with Crippen molar-refractivity contribution in [1.82, 2.24) is 9.97 Å². The maximum atomic E-state index is 9.21. The molecular formula is C14H16N6O. The van der Waals surface area contributed by atoms with Crippen LogP contribution in [0.3, 0.4) is 0 Å². The van der Waals surface area contributed by atoms with Crippen LogP contribution in [0.15, 0.2) is 24.3 Å². The first kappa shape index (κ1) is 14.6. The van der Waals surface area contributed by atoms with Gasteiger partial charge in [0.05, 0.1) is 12.7 Å². The Morgan fingerprint density at radius 1 is 1.33 bits per heavy atom. The number of nitrogens with two attached hydrogens (primary N) is 1. The van der Waals surface area contributed by atoms with Crippen molar-refractivity contribution in [3.63, 3.8) is 0 Å². The van der Waals surface area contributed by atoms with Crippen LogP contribution < -0.4 is 21.3 Å². The van der Waals surface area contributed by atoms with E-state index in [0.717, 1.165) is 0 Å². The highest BCUT2D eigenvalue weighted by Crippen LogP contribution is 2.30. The van der Waals surface area contributed by atoms with E-state index in [2.05, 4.69) is 26.8 Å². The van der Waals surface area contributed by atoms with Crippen LogP contribution in [0, 0.1) is 11.3 Å². The number of methoxy groups -OCH3 is 1. The lowest BCUT2D eigenvalue weighted by Crippen LogP contribution is -2.11. The van der Waals surface area contributed by atoms with Gasteiger partial charge in [-0.1, -0.05) is 13.0 Å². The van der Waals surface area contributed by atoms with E-state index in [0.29, 0.717) is 40.9 Å². The number of aromatic nitrogens is 2. The van der Waals surface area contributed by atoms with E-state index in [-0.39, 0.29) is 0 Å². The largest absolute Gasteiger partial charge is 0.495 e. The van der Waals surface area contributed by atoms with Gasteiger partial charge >= 0.3 is 0 Å². The molecule has 21 heavy (non-hydrogen) atoms. The topological polar surface area (TPSA) is 109 Å². The molecule has 1 aromatic heterocycles. The molecule has 7 heteroatoms. The smallest absolute Gasteiger partial charge is 0.145 e. The van der Waals surface area contributed by atoms with Crippen molar-refractivity contribution in [3.8, 4) is 11.8 Å². The summed E-state index contributed by atoms with van der Waals surface area (Å²) in [6, 6.07) is 9.01. The van der Waals surface area contributed by atoms with Crippen molar-refractivity contribution in [2.75, 3.05) is 17.9 Å². The number of para-hydroxylation sites is 1. The van der Waals surface area contributed by atoms with Crippen LogP contribution in [0.25, 0.3) is 0 Å². The summed E-state index contributed by atoms with van der Waals surface area (Å²) in [5.74, 6) is 7.64. The van der Waals surface area contributed by atoms with Gasteiger partial charge in [-0.2, -0.15) is 5.26 Å². The Bertz CT molecular complexity index is 657. The second-order valence-corrected chi connectivity index (χ2v) is 4.17. The summed E-state index contributed by atoms with van der Waals surface area (Å²) < 4.78 is 5.28. The zero-order chi connectivity index (χ0) is 15.2. The number of rotatable bonds is 5. The fourth-order valence-corrected chi connectivity index (χ4v) is 1.84. The third-order valence-corrected chi connectivity index (χ3v) is 2.86. The highest BCUT2D eigenvalue weighted by molar-refractivity contribution is 5.72. The van der Waals surface area contributed by atoms with Crippen LogP contribution in [0.2, 0.25) is 0 Å². The molecule has 7 nitrogen and oxygen atoms in total. The van der Waals surface area contributed by atoms with E-state index in [1.807, 2.05) is 6.92 Å². The van der Waals surface area contributed by atoms with Crippen LogP contribution in [0.1, 0.15) is 18.3 Å². The SMILES string of the molecule is CCc1nc(NN)cc(Nc2c(C#N)cccc2OC)n1. The number of hydrogen-bond donors (Lipinski definition) is 3. The van der Waals surface area contributed by atoms with E-state index >= 15 is 0 Å². The van der Waals surface area contributed by atoms with Gasteiger partial charge in [0.2, 0.25) is 0 Å². The molecular weight excluding hydrogens is 268 g/mol. The van der Waals surface area contributed by atoms with Gasteiger partial charge in [0.1, 0.15) is 35.0 Å². The molecule has 1 aromatic carbocycles. The van der Waals surface area contributed by atoms with Gasteiger partial charge in [-0.05, 0) is 12.1 Å². The number of nitrogens with one attached hydrogen (secondary N) is 2. The molecule has 2 aromatic rings. The predicted molar refractivity (Wildman–Crippen MR) is 80.2 cm³/mol. The molecule has 1 heterocycles. The van der Waals surface area contributed by atoms with Crippen molar-refractivity contribution in [2.24, 2.45) is 5.84 Å². The van der Waals surface area contributed by atoms with Crippen molar-refractivity contribution >= 4 is 17.3 Å². The molecule has 0 saturated heterocycles. The number of ether oxygens (including phenoxy) is 1. The van der Waals surface area contributed by atoms with Crippen molar-refractivity contribution in [2.45, 2.75) is 13.3 Å². The first-order chi connectivity index (χ1) is 10.2. The molecule has 2 rings (SSSR count). The summed E-state index contributed by atoms with van der Waals surface area (Å²) in [4.78, 5) is 8.58. The molecule has 0 radical (unpaired) electrons. The average molecular weight is 284 g/mol. The van der Waals surface area contributed by atoms with E-state index < -0.39 is 0 Å². The Kier molecular flexibility index (Phi) is 4.53. The van der Waals surface area contributed by atoms with Gasteiger partial charge in [0.15, 0.2) is 0 Å². The molecule has 0 spiro atoms. The number of anilines is 3.